The largest absolute Gasteiger partial charge is 0.305 e. The minimum atomic E-state index is 0.220. The van der Waals surface area contributed by atoms with Gasteiger partial charge in [-0.2, -0.15) is 5.10 Å². The van der Waals surface area contributed by atoms with Crippen LogP contribution in [0.3, 0.4) is 0 Å². The van der Waals surface area contributed by atoms with Gasteiger partial charge in [0.05, 0.1) is 17.4 Å². The molecule has 1 unspecified atom stereocenters. The molecule has 0 aliphatic carbocycles. The van der Waals surface area contributed by atoms with Crippen molar-refractivity contribution >= 4 is 0 Å². The van der Waals surface area contributed by atoms with Crippen LogP contribution in [-0.4, -0.2) is 16.3 Å². The summed E-state index contributed by atoms with van der Waals surface area (Å²) in [5, 5.41) is 8.38. The van der Waals surface area contributed by atoms with E-state index in [1.54, 1.807) is 0 Å². The van der Waals surface area contributed by atoms with Crippen LogP contribution >= 0.6 is 0 Å². The van der Waals surface area contributed by atoms with Crippen molar-refractivity contribution in [1.82, 2.24) is 15.1 Å². The van der Waals surface area contributed by atoms with Gasteiger partial charge in [0.2, 0.25) is 0 Å². The molecule has 3 nitrogen and oxygen atoms in total. The van der Waals surface area contributed by atoms with E-state index in [4.69, 9.17) is 5.10 Å². The van der Waals surface area contributed by atoms with Crippen molar-refractivity contribution in [3.63, 3.8) is 0 Å². The van der Waals surface area contributed by atoms with Crippen LogP contribution in [0.4, 0.5) is 0 Å². The Bertz CT molecular complexity index is 572. The Labute approximate surface area is 128 Å². The van der Waals surface area contributed by atoms with Gasteiger partial charge < -0.3 is 5.32 Å². The zero-order valence-electron chi connectivity index (χ0n) is 13.7. The normalized spacial score (nSPS) is 12.6. The first kappa shape index (κ1) is 15.8. The molecule has 0 bridgehead atoms. The second-order valence-electron chi connectivity index (χ2n) is 5.53. The van der Waals surface area contributed by atoms with Gasteiger partial charge in [-0.25, -0.2) is 0 Å². The molecular formula is C18H27N3. The van der Waals surface area contributed by atoms with Gasteiger partial charge in [-0.15, -0.1) is 0 Å². The summed E-state index contributed by atoms with van der Waals surface area (Å²) in [4.78, 5) is 0. The molecule has 0 spiro atoms. The molecule has 1 atom stereocenters. The summed E-state index contributed by atoms with van der Waals surface area (Å²) in [5.74, 6) is 0. The Morgan fingerprint density at radius 1 is 1.19 bits per heavy atom. The zero-order valence-corrected chi connectivity index (χ0v) is 13.7. The fraction of sp³-hybridized carbons (Fsp3) is 0.500. The third kappa shape index (κ3) is 3.73. The van der Waals surface area contributed by atoms with Gasteiger partial charge >= 0.3 is 0 Å². The van der Waals surface area contributed by atoms with E-state index in [1.165, 1.54) is 22.5 Å². The van der Waals surface area contributed by atoms with Crippen LogP contribution in [0.1, 0.15) is 55.7 Å². The summed E-state index contributed by atoms with van der Waals surface area (Å²) in [6.45, 7) is 10.6. The molecule has 2 aromatic rings. The number of nitrogens with one attached hydrogen (secondary N) is 1. The third-order valence-electron chi connectivity index (χ3n) is 3.79. The lowest BCUT2D eigenvalue weighted by Gasteiger charge is -2.20. The van der Waals surface area contributed by atoms with Gasteiger partial charge in [-0.3, -0.25) is 4.68 Å². The maximum Gasteiger partial charge on any atom is 0.0748 e. The summed E-state index contributed by atoms with van der Waals surface area (Å²) in [7, 11) is 0. The van der Waals surface area contributed by atoms with E-state index < -0.39 is 0 Å². The molecule has 0 aliphatic rings. The smallest absolute Gasteiger partial charge is 0.0748 e. The highest BCUT2D eigenvalue weighted by Crippen LogP contribution is 2.24. The summed E-state index contributed by atoms with van der Waals surface area (Å²) in [5.41, 5.74) is 5.06. The fourth-order valence-electron chi connectivity index (χ4n) is 2.68. The number of aryl methyl sites for hydroxylation is 3. The number of hydrogen-bond donors (Lipinski definition) is 1. The summed E-state index contributed by atoms with van der Waals surface area (Å²) < 4.78 is 2.13. The van der Waals surface area contributed by atoms with Crippen molar-refractivity contribution in [3.8, 4) is 0 Å². The predicted octanol–water partition coefficient (Wildman–Crippen LogP) is 3.86. The Morgan fingerprint density at radius 3 is 2.62 bits per heavy atom. The van der Waals surface area contributed by atoms with Crippen LogP contribution in [0.25, 0.3) is 0 Å². The van der Waals surface area contributed by atoms with Crippen molar-refractivity contribution in [2.75, 3.05) is 6.54 Å². The highest BCUT2D eigenvalue weighted by Gasteiger charge is 2.19. The molecular weight excluding hydrogens is 258 g/mol. The molecule has 21 heavy (non-hydrogen) atoms. The standard InChI is InChI=1S/C18H27N3/c1-5-11-19-18(15-10-8-9-14(4)12-15)17-13-16(6-2)20-21(17)7-3/h8-10,12-13,18-19H,5-7,11H2,1-4H3. The first-order valence-corrected chi connectivity index (χ1v) is 8.06. The molecule has 114 valence electrons. The lowest BCUT2D eigenvalue weighted by atomic mass is 10.0. The Balaban J connectivity index is 2.42. The fourth-order valence-corrected chi connectivity index (χ4v) is 2.68. The van der Waals surface area contributed by atoms with E-state index in [0.717, 1.165) is 25.9 Å². The highest BCUT2D eigenvalue weighted by molar-refractivity contribution is 5.32. The summed E-state index contributed by atoms with van der Waals surface area (Å²) >= 11 is 0. The van der Waals surface area contributed by atoms with Crippen LogP contribution in [-0.2, 0) is 13.0 Å². The van der Waals surface area contributed by atoms with Gasteiger partial charge in [0.1, 0.15) is 0 Å². The maximum atomic E-state index is 4.70. The quantitative estimate of drug-likeness (QED) is 0.837. The molecule has 0 radical (unpaired) electrons. The molecule has 0 fully saturated rings. The first-order chi connectivity index (χ1) is 10.2. The van der Waals surface area contributed by atoms with Crippen molar-refractivity contribution in [2.45, 2.75) is 53.1 Å². The number of aromatic nitrogens is 2. The van der Waals surface area contributed by atoms with Crippen molar-refractivity contribution < 1.29 is 0 Å². The van der Waals surface area contributed by atoms with Crippen molar-refractivity contribution in [2.24, 2.45) is 0 Å². The van der Waals surface area contributed by atoms with Gasteiger partial charge in [0, 0.05) is 6.54 Å². The van der Waals surface area contributed by atoms with E-state index in [1.807, 2.05) is 0 Å². The number of rotatable bonds is 7. The summed E-state index contributed by atoms with van der Waals surface area (Å²) in [6.07, 6.45) is 2.11. The first-order valence-electron chi connectivity index (χ1n) is 8.06. The van der Waals surface area contributed by atoms with Gasteiger partial charge in [-0.1, -0.05) is 43.7 Å². The number of hydrogen-bond acceptors (Lipinski definition) is 2. The number of nitrogens with zero attached hydrogens (tertiary/aromatic N) is 2. The highest BCUT2D eigenvalue weighted by atomic mass is 15.3. The van der Waals surface area contributed by atoms with Crippen LogP contribution in [0.5, 0.6) is 0 Å². The minimum Gasteiger partial charge on any atom is -0.305 e. The zero-order chi connectivity index (χ0) is 15.2. The lowest BCUT2D eigenvalue weighted by Crippen LogP contribution is -2.25. The average molecular weight is 285 g/mol. The third-order valence-corrected chi connectivity index (χ3v) is 3.79. The molecule has 1 heterocycles. The van der Waals surface area contributed by atoms with E-state index in [0.29, 0.717) is 0 Å². The van der Waals surface area contributed by atoms with Crippen molar-refractivity contribution in [3.05, 3.63) is 52.8 Å². The molecule has 1 aromatic heterocycles. The Morgan fingerprint density at radius 2 is 2.00 bits per heavy atom. The van der Waals surface area contributed by atoms with Crippen LogP contribution in [0, 0.1) is 6.92 Å². The lowest BCUT2D eigenvalue weighted by molar-refractivity contribution is 0.528. The van der Waals surface area contributed by atoms with Crippen LogP contribution in [0.2, 0.25) is 0 Å². The predicted molar refractivity (Wildman–Crippen MR) is 88.6 cm³/mol. The topological polar surface area (TPSA) is 29.9 Å². The molecule has 3 heteroatoms. The molecule has 0 saturated carbocycles. The van der Waals surface area contributed by atoms with Crippen LogP contribution < -0.4 is 5.32 Å². The van der Waals surface area contributed by atoms with Gasteiger partial charge in [0.15, 0.2) is 0 Å². The molecule has 0 aliphatic heterocycles. The van der Waals surface area contributed by atoms with Crippen molar-refractivity contribution in [1.29, 1.82) is 0 Å². The van der Waals surface area contributed by atoms with E-state index in [2.05, 4.69) is 68.0 Å². The van der Waals surface area contributed by atoms with E-state index in [9.17, 15) is 0 Å². The minimum absolute atomic E-state index is 0.220. The second-order valence-corrected chi connectivity index (χ2v) is 5.53. The Kier molecular flexibility index (Phi) is 5.57. The van der Waals surface area contributed by atoms with E-state index >= 15 is 0 Å². The summed E-state index contributed by atoms with van der Waals surface area (Å²) in [6, 6.07) is 11.2. The second kappa shape index (κ2) is 7.41. The molecule has 2 rings (SSSR count). The van der Waals surface area contributed by atoms with Gasteiger partial charge in [-0.05, 0) is 44.9 Å². The average Bonchev–Trinajstić information content (AvgIpc) is 2.91. The number of benzene rings is 1. The monoisotopic (exact) mass is 285 g/mol. The Hall–Kier alpha value is -1.61. The van der Waals surface area contributed by atoms with E-state index in [-0.39, 0.29) is 6.04 Å². The van der Waals surface area contributed by atoms with Gasteiger partial charge in [0.25, 0.3) is 0 Å². The van der Waals surface area contributed by atoms with Crippen LogP contribution in [0.15, 0.2) is 30.3 Å². The molecule has 1 N–H and O–H groups in total. The maximum absolute atomic E-state index is 4.70. The molecule has 0 amide bonds. The molecule has 0 saturated heterocycles. The SMILES string of the molecule is CCCNC(c1cccc(C)c1)c1cc(CC)nn1CC. The molecule has 1 aromatic carbocycles.